The van der Waals surface area contributed by atoms with Gasteiger partial charge in [-0.15, -0.1) is 0 Å². The first kappa shape index (κ1) is 14.9. The van der Waals surface area contributed by atoms with Crippen LogP contribution < -0.4 is 10.1 Å². The maximum absolute atomic E-state index is 13.4. The number of anilines is 1. The number of hydrogen-bond acceptors (Lipinski definition) is 2. The van der Waals surface area contributed by atoms with E-state index in [4.69, 9.17) is 4.74 Å². The van der Waals surface area contributed by atoms with Crippen molar-refractivity contribution in [2.75, 3.05) is 5.32 Å². The van der Waals surface area contributed by atoms with Crippen LogP contribution in [-0.4, -0.2) is 12.0 Å². The molecular weight excluding hydrogens is 283 g/mol. The lowest BCUT2D eigenvalue weighted by Gasteiger charge is -2.15. The Hall–Kier alpha value is -2.50. The molecule has 2 aromatic rings. The Morgan fingerprint density at radius 1 is 1.10 bits per heavy atom. The third-order valence-corrected chi connectivity index (χ3v) is 2.70. The van der Waals surface area contributed by atoms with Gasteiger partial charge >= 0.3 is 0 Å². The van der Waals surface area contributed by atoms with Gasteiger partial charge in [0.15, 0.2) is 17.7 Å². The number of carbonyl (C=O) groups is 1. The molecule has 21 heavy (non-hydrogen) atoms. The van der Waals surface area contributed by atoms with E-state index >= 15 is 0 Å². The van der Waals surface area contributed by atoms with Gasteiger partial charge in [-0.3, -0.25) is 4.79 Å². The second kappa shape index (κ2) is 6.30. The molecule has 0 aliphatic heterocycles. The number of benzene rings is 2. The van der Waals surface area contributed by atoms with E-state index in [9.17, 15) is 18.0 Å². The summed E-state index contributed by atoms with van der Waals surface area (Å²) >= 11 is 0. The van der Waals surface area contributed by atoms with E-state index in [1.165, 1.54) is 25.1 Å². The summed E-state index contributed by atoms with van der Waals surface area (Å²) in [6, 6.07) is 8.26. The fourth-order valence-electron chi connectivity index (χ4n) is 1.61. The lowest BCUT2D eigenvalue weighted by molar-refractivity contribution is -0.122. The molecule has 0 aliphatic rings. The smallest absolute Gasteiger partial charge is 0.265 e. The quantitative estimate of drug-likeness (QED) is 0.937. The summed E-state index contributed by atoms with van der Waals surface area (Å²) in [5.74, 6) is -2.89. The summed E-state index contributed by atoms with van der Waals surface area (Å²) in [5, 5.41) is 2.19. The van der Waals surface area contributed by atoms with Crippen LogP contribution in [0.4, 0.5) is 18.9 Å². The van der Waals surface area contributed by atoms with Crippen LogP contribution in [0.2, 0.25) is 0 Å². The highest BCUT2D eigenvalue weighted by atomic mass is 19.1. The Kier molecular flexibility index (Phi) is 4.47. The van der Waals surface area contributed by atoms with Crippen molar-refractivity contribution < 1.29 is 22.7 Å². The summed E-state index contributed by atoms with van der Waals surface area (Å²) in [5.41, 5.74) is -0.302. The van der Waals surface area contributed by atoms with Gasteiger partial charge in [0.05, 0.1) is 5.69 Å². The topological polar surface area (TPSA) is 38.3 Å². The number of carbonyl (C=O) groups excluding carboxylic acids is 1. The normalized spacial score (nSPS) is 11.8. The van der Waals surface area contributed by atoms with Crippen molar-refractivity contribution >= 4 is 11.6 Å². The SMILES string of the molecule is CC(Oc1ccccc1F)C(=O)Nc1cc(F)ccc1F. The zero-order chi connectivity index (χ0) is 15.4. The summed E-state index contributed by atoms with van der Waals surface area (Å²) in [6.07, 6.45) is -1.08. The van der Waals surface area contributed by atoms with Crippen LogP contribution in [0.15, 0.2) is 42.5 Å². The van der Waals surface area contributed by atoms with Crippen molar-refractivity contribution in [3.8, 4) is 5.75 Å². The van der Waals surface area contributed by atoms with Gasteiger partial charge in [0.2, 0.25) is 0 Å². The van der Waals surface area contributed by atoms with Gasteiger partial charge in [-0.05, 0) is 31.2 Å². The van der Waals surface area contributed by atoms with Crippen molar-refractivity contribution in [2.24, 2.45) is 0 Å². The molecule has 0 aromatic heterocycles. The van der Waals surface area contributed by atoms with Crippen molar-refractivity contribution in [3.05, 3.63) is 59.9 Å². The molecule has 1 N–H and O–H groups in total. The Morgan fingerprint density at radius 3 is 2.52 bits per heavy atom. The Balaban J connectivity index is 2.06. The van der Waals surface area contributed by atoms with Gasteiger partial charge < -0.3 is 10.1 Å². The largest absolute Gasteiger partial charge is 0.478 e. The first-order valence-electron chi connectivity index (χ1n) is 6.14. The average Bonchev–Trinajstić information content (AvgIpc) is 2.45. The van der Waals surface area contributed by atoms with Crippen molar-refractivity contribution in [3.63, 3.8) is 0 Å². The molecule has 3 nitrogen and oxygen atoms in total. The molecule has 0 spiro atoms. The minimum absolute atomic E-state index is 0.0973. The predicted molar refractivity (Wildman–Crippen MR) is 71.5 cm³/mol. The van der Waals surface area contributed by atoms with Crippen LogP contribution in [0.3, 0.4) is 0 Å². The second-order valence-electron chi connectivity index (χ2n) is 4.30. The van der Waals surface area contributed by atoms with Gasteiger partial charge in [0.1, 0.15) is 11.6 Å². The third kappa shape index (κ3) is 3.75. The molecule has 0 saturated carbocycles. The van der Waals surface area contributed by atoms with Crippen LogP contribution in [-0.2, 0) is 4.79 Å². The Morgan fingerprint density at radius 2 is 1.81 bits per heavy atom. The van der Waals surface area contributed by atoms with Crippen LogP contribution in [0, 0.1) is 17.5 Å². The highest BCUT2D eigenvalue weighted by Gasteiger charge is 2.18. The predicted octanol–water partition coefficient (Wildman–Crippen LogP) is 3.51. The first-order chi connectivity index (χ1) is 9.97. The third-order valence-electron chi connectivity index (χ3n) is 2.70. The molecule has 1 amide bonds. The van der Waals surface area contributed by atoms with Gasteiger partial charge in [0, 0.05) is 6.07 Å². The zero-order valence-corrected chi connectivity index (χ0v) is 11.1. The summed E-state index contributed by atoms with van der Waals surface area (Å²) in [7, 11) is 0. The molecule has 6 heteroatoms. The van der Waals surface area contributed by atoms with Gasteiger partial charge in [-0.25, -0.2) is 13.2 Å². The molecule has 0 aliphatic carbocycles. The maximum atomic E-state index is 13.4. The van der Waals surface area contributed by atoms with Crippen molar-refractivity contribution in [1.29, 1.82) is 0 Å². The standard InChI is InChI=1S/C15H12F3NO2/c1-9(21-14-5-3-2-4-12(14)18)15(20)19-13-8-10(16)6-7-11(13)17/h2-9H,1H3,(H,19,20). The second-order valence-corrected chi connectivity index (χ2v) is 4.30. The summed E-state index contributed by atoms with van der Waals surface area (Å²) in [6.45, 7) is 1.37. The van der Waals surface area contributed by atoms with Crippen molar-refractivity contribution in [1.82, 2.24) is 0 Å². The zero-order valence-electron chi connectivity index (χ0n) is 11.1. The lowest BCUT2D eigenvalue weighted by Crippen LogP contribution is -2.30. The molecule has 1 atom stereocenters. The van der Waals surface area contributed by atoms with E-state index in [2.05, 4.69) is 5.32 Å². The highest BCUT2D eigenvalue weighted by Crippen LogP contribution is 2.19. The van der Waals surface area contributed by atoms with Crippen molar-refractivity contribution in [2.45, 2.75) is 13.0 Å². The average molecular weight is 295 g/mol. The molecule has 0 saturated heterocycles. The fourth-order valence-corrected chi connectivity index (χ4v) is 1.61. The van der Waals surface area contributed by atoms with Crippen LogP contribution in [0.5, 0.6) is 5.75 Å². The van der Waals surface area contributed by atoms with E-state index in [1.807, 2.05) is 0 Å². The van der Waals surface area contributed by atoms with Gasteiger partial charge in [-0.2, -0.15) is 0 Å². The van der Waals surface area contributed by atoms with Crippen LogP contribution in [0.25, 0.3) is 0 Å². The monoisotopic (exact) mass is 295 g/mol. The molecule has 2 rings (SSSR count). The van der Waals surface area contributed by atoms with E-state index in [0.29, 0.717) is 0 Å². The van der Waals surface area contributed by atoms with E-state index in [-0.39, 0.29) is 11.4 Å². The summed E-state index contributed by atoms with van der Waals surface area (Å²) < 4.78 is 44.9. The number of rotatable bonds is 4. The van der Waals surface area contributed by atoms with E-state index in [1.54, 1.807) is 6.07 Å². The van der Waals surface area contributed by atoms with Gasteiger partial charge in [-0.1, -0.05) is 12.1 Å². The number of amides is 1. The number of para-hydroxylation sites is 1. The number of halogens is 3. The van der Waals surface area contributed by atoms with E-state index < -0.39 is 29.5 Å². The molecular formula is C15H12F3NO2. The lowest BCUT2D eigenvalue weighted by atomic mass is 10.2. The minimum Gasteiger partial charge on any atom is -0.478 e. The van der Waals surface area contributed by atoms with E-state index in [0.717, 1.165) is 18.2 Å². The maximum Gasteiger partial charge on any atom is 0.265 e. The number of hydrogen-bond donors (Lipinski definition) is 1. The fraction of sp³-hybridized carbons (Fsp3) is 0.133. The Bertz CT molecular complexity index is 661. The van der Waals surface area contributed by atoms with Crippen LogP contribution >= 0.6 is 0 Å². The Labute approximate surface area is 119 Å². The van der Waals surface area contributed by atoms with Crippen LogP contribution in [0.1, 0.15) is 6.92 Å². The molecule has 0 radical (unpaired) electrons. The molecule has 0 fully saturated rings. The number of ether oxygens (including phenoxy) is 1. The molecule has 110 valence electrons. The molecule has 0 bridgehead atoms. The number of nitrogens with one attached hydrogen (secondary N) is 1. The first-order valence-corrected chi connectivity index (χ1v) is 6.14. The molecule has 1 unspecified atom stereocenters. The molecule has 0 heterocycles. The molecule has 2 aromatic carbocycles. The minimum atomic E-state index is -1.08. The van der Waals surface area contributed by atoms with Gasteiger partial charge in [0.25, 0.3) is 5.91 Å². The summed E-state index contributed by atoms with van der Waals surface area (Å²) in [4.78, 5) is 11.8. The highest BCUT2D eigenvalue weighted by molar-refractivity contribution is 5.94.